The molecule has 208 valence electrons. The van der Waals surface area contributed by atoms with Crippen molar-refractivity contribution in [3.8, 4) is 0 Å². The topological polar surface area (TPSA) is 94.5 Å². The Bertz CT molecular complexity index is 924. The first-order chi connectivity index (χ1) is 17.3. The largest absolute Gasteiger partial charge is 0.456 e. The number of aliphatic hydroxyl groups is 2. The number of hydrogen-bond acceptors (Lipinski definition) is 7. The highest BCUT2D eigenvalue weighted by Gasteiger charge is 2.41. The molecule has 0 spiro atoms. The number of carbonyl (C=O) groups excluding carboxylic acids is 1. The fourth-order valence-electron chi connectivity index (χ4n) is 4.57. The molecular formula is C30H46O7. The van der Waals surface area contributed by atoms with E-state index in [1.54, 1.807) is 26.2 Å². The Kier molecular flexibility index (Phi) is 12.0. The summed E-state index contributed by atoms with van der Waals surface area (Å²) >= 11 is 0. The lowest BCUT2D eigenvalue weighted by Gasteiger charge is -2.29. The predicted octanol–water partition coefficient (Wildman–Crippen LogP) is 4.95. The van der Waals surface area contributed by atoms with Crippen molar-refractivity contribution >= 4 is 5.97 Å². The number of aliphatic hydroxyl groups excluding tert-OH is 2. The van der Waals surface area contributed by atoms with Gasteiger partial charge in [-0.15, -0.1) is 0 Å². The molecule has 37 heavy (non-hydrogen) atoms. The van der Waals surface area contributed by atoms with Gasteiger partial charge in [0.05, 0.1) is 24.9 Å². The van der Waals surface area contributed by atoms with Gasteiger partial charge in [-0.05, 0) is 60.5 Å². The van der Waals surface area contributed by atoms with Crippen LogP contribution in [0.15, 0.2) is 58.7 Å². The van der Waals surface area contributed by atoms with Gasteiger partial charge in [-0.3, -0.25) is 0 Å². The number of rotatable bonds is 2. The average molecular weight is 519 g/mol. The van der Waals surface area contributed by atoms with E-state index in [2.05, 4.69) is 0 Å². The van der Waals surface area contributed by atoms with Gasteiger partial charge in [-0.2, -0.15) is 0 Å². The van der Waals surface area contributed by atoms with E-state index in [0.717, 1.165) is 16.7 Å². The number of allylic oxidation sites excluding steroid dienone is 7. The van der Waals surface area contributed by atoms with Gasteiger partial charge in [0.15, 0.2) is 5.79 Å². The number of esters is 1. The third-order valence-corrected chi connectivity index (χ3v) is 6.67. The van der Waals surface area contributed by atoms with E-state index in [-0.39, 0.29) is 18.9 Å². The van der Waals surface area contributed by atoms with E-state index in [9.17, 15) is 15.0 Å². The molecule has 7 heteroatoms. The van der Waals surface area contributed by atoms with Crippen LogP contribution in [0.1, 0.15) is 67.7 Å². The molecule has 7 nitrogen and oxygen atoms in total. The molecule has 0 aromatic carbocycles. The minimum atomic E-state index is -0.782. The fourth-order valence-corrected chi connectivity index (χ4v) is 4.57. The minimum absolute atomic E-state index is 0.0864. The number of cyclic esters (lactones) is 1. The highest BCUT2D eigenvalue weighted by molar-refractivity contribution is 5.88. The van der Waals surface area contributed by atoms with Crippen LogP contribution in [0, 0.1) is 5.92 Å². The van der Waals surface area contributed by atoms with Crippen LogP contribution in [-0.2, 0) is 23.7 Å². The summed E-state index contributed by atoms with van der Waals surface area (Å²) < 4.78 is 23.3. The van der Waals surface area contributed by atoms with Crippen LogP contribution in [0.4, 0.5) is 0 Å². The maximum atomic E-state index is 13.1. The summed E-state index contributed by atoms with van der Waals surface area (Å²) in [5, 5.41) is 21.4. The molecule has 2 aliphatic heterocycles. The third-order valence-electron chi connectivity index (χ3n) is 6.67. The van der Waals surface area contributed by atoms with Crippen LogP contribution in [-0.4, -0.2) is 66.2 Å². The maximum Gasteiger partial charge on any atom is 0.334 e. The Balaban J connectivity index is 2.39. The van der Waals surface area contributed by atoms with Crippen LogP contribution in [0.3, 0.4) is 0 Å². The van der Waals surface area contributed by atoms with Gasteiger partial charge < -0.3 is 29.2 Å². The molecule has 0 radical (unpaired) electrons. The number of carbonyl (C=O) groups is 1. The quantitative estimate of drug-likeness (QED) is 0.500. The van der Waals surface area contributed by atoms with Gasteiger partial charge in [0.25, 0.3) is 0 Å². The standard InChI is InChI=1S/C30H46O7/c1-19-10-9-11-25(32)26(34-8)17-27(28-18-35-30(6,7)37-28)36-29(33)23(5)16-21(3)14-20(2)15-22(4)24(31)13-12-19/h10,12-16,22,24-28,31-32H,9,11,17-18H2,1-8H3/b13-12+,19-10+,20-15+,21-14+,23-16+/t22-,24-,25+,26+,27+,28+/m1/s1. The lowest BCUT2D eigenvalue weighted by Crippen LogP contribution is -2.41. The van der Waals surface area contributed by atoms with E-state index < -0.39 is 42.3 Å². The van der Waals surface area contributed by atoms with Crippen molar-refractivity contribution in [2.24, 2.45) is 5.92 Å². The van der Waals surface area contributed by atoms with Crippen molar-refractivity contribution in [1.29, 1.82) is 0 Å². The summed E-state index contributed by atoms with van der Waals surface area (Å²) in [4.78, 5) is 13.1. The summed E-state index contributed by atoms with van der Waals surface area (Å²) in [7, 11) is 1.54. The van der Waals surface area contributed by atoms with E-state index in [0.29, 0.717) is 18.4 Å². The molecule has 0 aliphatic carbocycles. The van der Waals surface area contributed by atoms with Crippen molar-refractivity contribution in [2.45, 2.75) is 104 Å². The Hall–Kier alpha value is -2.03. The van der Waals surface area contributed by atoms with Crippen LogP contribution >= 0.6 is 0 Å². The van der Waals surface area contributed by atoms with E-state index >= 15 is 0 Å². The lowest BCUT2D eigenvalue weighted by molar-refractivity contribution is -0.173. The van der Waals surface area contributed by atoms with Crippen LogP contribution in [0.5, 0.6) is 0 Å². The zero-order valence-electron chi connectivity index (χ0n) is 23.7. The molecule has 2 rings (SSSR count). The van der Waals surface area contributed by atoms with Crippen molar-refractivity contribution in [1.82, 2.24) is 0 Å². The molecule has 2 aliphatic rings. The predicted molar refractivity (Wildman–Crippen MR) is 145 cm³/mol. The first-order valence-electron chi connectivity index (χ1n) is 13.1. The van der Waals surface area contributed by atoms with Gasteiger partial charge >= 0.3 is 5.97 Å². The number of methoxy groups -OCH3 is 1. The molecule has 0 saturated carbocycles. The summed E-state index contributed by atoms with van der Waals surface area (Å²) in [6.45, 7) is 13.5. The number of ether oxygens (including phenoxy) is 4. The SMILES string of the molecule is CO[C@H]1C[C@@H]([C@@H]2COC(C)(C)O2)OC(=O)/C(C)=C/C(C)=C/C(C)=C/[C@@H](C)[C@H](O)/C=C/C(C)=C/CC[C@@H]1O. The molecule has 0 amide bonds. The van der Waals surface area contributed by atoms with Crippen LogP contribution in [0.25, 0.3) is 0 Å². The molecule has 2 heterocycles. The monoisotopic (exact) mass is 518 g/mol. The summed E-state index contributed by atoms with van der Waals surface area (Å²) in [5.74, 6) is -1.33. The fraction of sp³-hybridized carbons (Fsp3) is 0.633. The average Bonchev–Trinajstić information content (AvgIpc) is 3.18. The number of hydrogen-bond donors (Lipinski definition) is 2. The molecule has 0 unspecified atom stereocenters. The highest BCUT2D eigenvalue weighted by atomic mass is 16.8. The van der Waals surface area contributed by atoms with E-state index in [4.69, 9.17) is 18.9 Å². The molecule has 0 aromatic rings. The van der Waals surface area contributed by atoms with Gasteiger partial charge in [-0.25, -0.2) is 4.79 Å². The normalized spacial score (nSPS) is 39.6. The smallest absolute Gasteiger partial charge is 0.334 e. The summed E-state index contributed by atoms with van der Waals surface area (Å²) in [5.41, 5.74) is 3.33. The Morgan fingerprint density at radius 1 is 1.03 bits per heavy atom. The second-order valence-corrected chi connectivity index (χ2v) is 10.7. The molecular weight excluding hydrogens is 472 g/mol. The first-order valence-corrected chi connectivity index (χ1v) is 13.1. The lowest BCUT2D eigenvalue weighted by atomic mass is 9.98. The molecule has 6 atom stereocenters. The van der Waals surface area contributed by atoms with Gasteiger partial charge in [0.2, 0.25) is 0 Å². The second kappa shape index (κ2) is 14.2. The van der Waals surface area contributed by atoms with Gasteiger partial charge in [0, 0.05) is 25.0 Å². The second-order valence-electron chi connectivity index (χ2n) is 10.7. The van der Waals surface area contributed by atoms with Crippen molar-refractivity contribution in [3.05, 3.63) is 58.7 Å². The van der Waals surface area contributed by atoms with Gasteiger partial charge in [0.1, 0.15) is 12.2 Å². The van der Waals surface area contributed by atoms with Crippen molar-refractivity contribution < 1.29 is 34.0 Å². The van der Waals surface area contributed by atoms with Crippen molar-refractivity contribution in [2.75, 3.05) is 13.7 Å². The zero-order valence-corrected chi connectivity index (χ0v) is 23.7. The summed E-state index contributed by atoms with van der Waals surface area (Å²) in [6.07, 6.45) is 9.78. The Labute approximate surface area is 222 Å². The molecule has 0 bridgehead atoms. The summed E-state index contributed by atoms with van der Waals surface area (Å²) in [6, 6.07) is 0. The molecule has 1 saturated heterocycles. The molecule has 2 N–H and O–H groups in total. The Morgan fingerprint density at radius 3 is 2.35 bits per heavy atom. The van der Waals surface area contributed by atoms with Crippen LogP contribution in [0.2, 0.25) is 0 Å². The third kappa shape index (κ3) is 10.3. The van der Waals surface area contributed by atoms with E-state index in [1.807, 2.05) is 65.8 Å². The van der Waals surface area contributed by atoms with Gasteiger partial charge in [-0.1, -0.05) is 54.0 Å². The molecule has 0 aromatic heterocycles. The zero-order chi connectivity index (χ0) is 27.8. The van der Waals surface area contributed by atoms with Crippen molar-refractivity contribution in [3.63, 3.8) is 0 Å². The maximum absolute atomic E-state index is 13.1. The molecule has 1 fully saturated rings. The van der Waals surface area contributed by atoms with Crippen LogP contribution < -0.4 is 0 Å². The highest BCUT2D eigenvalue weighted by Crippen LogP contribution is 2.29. The first kappa shape index (κ1) is 31.2. The minimum Gasteiger partial charge on any atom is -0.456 e. The van der Waals surface area contributed by atoms with E-state index in [1.165, 1.54) is 0 Å². The Morgan fingerprint density at radius 2 is 1.73 bits per heavy atom.